The summed E-state index contributed by atoms with van der Waals surface area (Å²) in [6, 6.07) is 12.0. The lowest BCUT2D eigenvalue weighted by Gasteiger charge is -2.07. The molecule has 1 amide bonds. The summed E-state index contributed by atoms with van der Waals surface area (Å²) >= 11 is 1.22. The quantitative estimate of drug-likeness (QED) is 0.343. The molecular weight excluding hydrogens is 421 g/mol. The molecule has 10 heteroatoms. The topological polar surface area (TPSA) is 103 Å². The largest absolute Gasteiger partial charge is 0.298 e. The van der Waals surface area contributed by atoms with E-state index < -0.39 is 4.92 Å². The number of hydrogen-bond donors (Lipinski definition) is 1. The van der Waals surface area contributed by atoms with Crippen molar-refractivity contribution in [3.63, 3.8) is 0 Å². The number of nitro groups is 1. The van der Waals surface area contributed by atoms with Gasteiger partial charge >= 0.3 is 0 Å². The molecule has 4 rings (SSSR count). The van der Waals surface area contributed by atoms with E-state index >= 15 is 0 Å². The third-order valence-corrected chi connectivity index (χ3v) is 5.35. The van der Waals surface area contributed by atoms with Gasteiger partial charge in [0.25, 0.3) is 11.6 Å². The number of nitrogens with zero attached hydrogens (tertiary/aromatic N) is 4. The Morgan fingerprint density at radius 1 is 1.26 bits per heavy atom. The Balaban J connectivity index is 1.56. The number of non-ortho nitro benzene ring substituents is 1. The van der Waals surface area contributed by atoms with Crippen molar-refractivity contribution in [3.05, 3.63) is 87.3 Å². The fourth-order valence-corrected chi connectivity index (χ4v) is 3.83. The van der Waals surface area contributed by atoms with Gasteiger partial charge in [-0.1, -0.05) is 19.1 Å². The Kier molecular flexibility index (Phi) is 5.54. The molecule has 2 heterocycles. The molecule has 0 aliphatic heterocycles. The number of rotatable bonds is 6. The van der Waals surface area contributed by atoms with Crippen LogP contribution in [0, 0.1) is 15.9 Å². The predicted molar refractivity (Wildman–Crippen MR) is 115 cm³/mol. The summed E-state index contributed by atoms with van der Waals surface area (Å²) in [5.74, 6) is -0.722. The van der Waals surface area contributed by atoms with Crippen LogP contribution in [-0.4, -0.2) is 25.6 Å². The SMILES string of the molecule is CCc1c(C(=O)Nc2nc(-c3cccc([N+](=O)[O-])c3)cs2)cnn1-c1ccc(F)cc1. The molecule has 0 aliphatic carbocycles. The summed E-state index contributed by atoms with van der Waals surface area (Å²) < 4.78 is 14.8. The molecular formula is C21H16FN5O3S. The molecule has 4 aromatic rings. The number of aromatic nitrogens is 3. The molecule has 0 bridgehead atoms. The van der Waals surface area contributed by atoms with E-state index in [2.05, 4.69) is 15.4 Å². The normalized spacial score (nSPS) is 10.8. The number of nitro benzene ring substituents is 1. The van der Waals surface area contributed by atoms with Crippen LogP contribution < -0.4 is 5.32 Å². The molecule has 0 saturated heterocycles. The fourth-order valence-electron chi connectivity index (χ4n) is 3.12. The minimum absolute atomic E-state index is 0.0307. The van der Waals surface area contributed by atoms with Gasteiger partial charge in [-0.05, 0) is 30.7 Å². The number of carbonyl (C=O) groups is 1. The van der Waals surface area contributed by atoms with E-state index in [0.717, 1.165) is 0 Å². The average molecular weight is 437 g/mol. The minimum Gasteiger partial charge on any atom is -0.298 e. The van der Waals surface area contributed by atoms with Gasteiger partial charge in [-0.3, -0.25) is 20.2 Å². The average Bonchev–Trinajstić information content (AvgIpc) is 3.41. The second kappa shape index (κ2) is 8.44. The van der Waals surface area contributed by atoms with E-state index in [1.165, 1.54) is 41.8 Å². The van der Waals surface area contributed by atoms with Gasteiger partial charge in [0.2, 0.25) is 0 Å². The minimum atomic E-state index is -0.469. The van der Waals surface area contributed by atoms with Crippen molar-refractivity contribution in [2.24, 2.45) is 0 Å². The first-order valence-electron chi connectivity index (χ1n) is 9.31. The molecule has 1 N–H and O–H groups in total. The summed E-state index contributed by atoms with van der Waals surface area (Å²) in [7, 11) is 0. The summed E-state index contributed by atoms with van der Waals surface area (Å²) in [6.45, 7) is 1.90. The van der Waals surface area contributed by atoms with Gasteiger partial charge < -0.3 is 0 Å². The van der Waals surface area contributed by atoms with Crippen LogP contribution in [0.15, 0.2) is 60.1 Å². The molecule has 0 atom stereocenters. The van der Waals surface area contributed by atoms with Crippen LogP contribution in [0.5, 0.6) is 0 Å². The van der Waals surface area contributed by atoms with Crippen molar-refractivity contribution >= 4 is 28.1 Å². The van der Waals surface area contributed by atoms with Gasteiger partial charge in [0.1, 0.15) is 5.82 Å². The number of anilines is 1. The van der Waals surface area contributed by atoms with Crippen LogP contribution in [-0.2, 0) is 6.42 Å². The lowest BCUT2D eigenvalue weighted by molar-refractivity contribution is -0.384. The molecule has 2 aromatic carbocycles. The fraction of sp³-hybridized carbons (Fsp3) is 0.0952. The molecule has 2 aromatic heterocycles. The molecule has 8 nitrogen and oxygen atoms in total. The highest BCUT2D eigenvalue weighted by Gasteiger charge is 2.19. The monoisotopic (exact) mass is 437 g/mol. The standard InChI is InChI=1S/C21H16FN5O3S/c1-2-19-17(11-23-26(19)15-8-6-14(22)7-9-15)20(28)25-21-24-18(12-31-21)13-4-3-5-16(10-13)27(29)30/h3-12H,2H2,1H3,(H,24,25,28). The second-order valence-electron chi connectivity index (χ2n) is 6.55. The number of nitrogens with one attached hydrogen (secondary N) is 1. The van der Waals surface area contributed by atoms with E-state index in [9.17, 15) is 19.3 Å². The highest BCUT2D eigenvalue weighted by atomic mass is 32.1. The van der Waals surface area contributed by atoms with Gasteiger partial charge in [-0.25, -0.2) is 14.1 Å². The maximum absolute atomic E-state index is 13.2. The van der Waals surface area contributed by atoms with Crippen molar-refractivity contribution in [3.8, 4) is 16.9 Å². The third-order valence-electron chi connectivity index (χ3n) is 4.60. The second-order valence-corrected chi connectivity index (χ2v) is 7.40. The first-order valence-corrected chi connectivity index (χ1v) is 10.2. The van der Waals surface area contributed by atoms with Crippen LogP contribution in [0.1, 0.15) is 23.0 Å². The van der Waals surface area contributed by atoms with Crippen molar-refractivity contribution in [1.82, 2.24) is 14.8 Å². The molecule has 0 radical (unpaired) electrons. The van der Waals surface area contributed by atoms with Gasteiger partial charge in [-0.2, -0.15) is 5.10 Å². The Labute approximate surface area is 180 Å². The van der Waals surface area contributed by atoms with Crippen molar-refractivity contribution < 1.29 is 14.1 Å². The zero-order valence-corrected chi connectivity index (χ0v) is 17.1. The van der Waals surface area contributed by atoms with Crippen LogP contribution in [0.25, 0.3) is 16.9 Å². The Morgan fingerprint density at radius 3 is 2.74 bits per heavy atom. The highest BCUT2D eigenvalue weighted by molar-refractivity contribution is 7.14. The first kappa shape index (κ1) is 20.4. The van der Waals surface area contributed by atoms with E-state index in [4.69, 9.17) is 0 Å². The summed E-state index contributed by atoms with van der Waals surface area (Å²) in [5, 5.41) is 20.1. The number of benzene rings is 2. The molecule has 0 saturated carbocycles. The summed E-state index contributed by atoms with van der Waals surface area (Å²) in [6.07, 6.45) is 2.00. The van der Waals surface area contributed by atoms with Gasteiger partial charge in [0, 0.05) is 23.1 Å². The van der Waals surface area contributed by atoms with Gasteiger partial charge in [-0.15, -0.1) is 11.3 Å². The summed E-state index contributed by atoms with van der Waals surface area (Å²) in [5.41, 5.74) is 2.81. The number of amides is 1. The number of hydrogen-bond acceptors (Lipinski definition) is 6. The van der Waals surface area contributed by atoms with Gasteiger partial charge in [0.05, 0.1) is 33.8 Å². The van der Waals surface area contributed by atoms with Gasteiger partial charge in [0.15, 0.2) is 5.13 Å². The van der Waals surface area contributed by atoms with Crippen LogP contribution in [0.4, 0.5) is 15.2 Å². The van der Waals surface area contributed by atoms with Crippen molar-refractivity contribution in [2.75, 3.05) is 5.32 Å². The lowest BCUT2D eigenvalue weighted by atomic mass is 10.1. The summed E-state index contributed by atoms with van der Waals surface area (Å²) in [4.78, 5) is 27.7. The highest BCUT2D eigenvalue weighted by Crippen LogP contribution is 2.28. The molecule has 0 unspecified atom stereocenters. The van der Waals surface area contributed by atoms with E-state index in [0.29, 0.717) is 39.8 Å². The lowest BCUT2D eigenvalue weighted by Crippen LogP contribution is -2.14. The van der Waals surface area contributed by atoms with Crippen molar-refractivity contribution in [2.45, 2.75) is 13.3 Å². The third kappa shape index (κ3) is 4.19. The molecule has 0 fully saturated rings. The zero-order valence-electron chi connectivity index (χ0n) is 16.3. The molecule has 156 valence electrons. The Bertz CT molecular complexity index is 1270. The maximum Gasteiger partial charge on any atom is 0.270 e. The van der Waals surface area contributed by atoms with E-state index in [1.54, 1.807) is 34.3 Å². The van der Waals surface area contributed by atoms with Crippen LogP contribution >= 0.6 is 11.3 Å². The molecule has 0 aliphatic rings. The van der Waals surface area contributed by atoms with Crippen LogP contribution in [0.2, 0.25) is 0 Å². The van der Waals surface area contributed by atoms with Crippen molar-refractivity contribution in [1.29, 1.82) is 0 Å². The number of carbonyl (C=O) groups excluding carboxylic acids is 1. The number of halogens is 1. The first-order chi connectivity index (χ1) is 15.0. The number of thiazole rings is 1. The Morgan fingerprint density at radius 2 is 2.03 bits per heavy atom. The zero-order chi connectivity index (χ0) is 22.0. The maximum atomic E-state index is 13.2. The van der Waals surface area contributed by atoms with E-state index in [-0.39, 0.29) is 17.4 Å². The predicted octanol–water partition coefficient (Wildman–Crippen LogP) is 4.86. The molecule has 31 heavy (non-hydrogen) atoms. The van der Waals surface area contributed by atoms with E-state index in [1.807, 2.05) is 6.92 Å². The molecule has 0 spiro atoms. The Hall–Kier alpha value is -3.92. The van der Waals surface area contributed by atoms with Crippen LogP contribution in [0.3, 0.4) is 0 Å². The smallest absolute Gasteiger partial charge is 0.270 e.